The van der Waals surface area contributed by atoms with E-state index < -0.39 is 6.10 Å². The van der Waals surface area contributed by atoms with Crippen LogP contribution < -0.4 is 10.3 Å². The summed E-state index contributed by atoms with van der Waals surface area (Å²) in [6.07, 6.45) is 0.833. The molecule has 2 rings (SSSR count). The van der Waals surface area contributed by atoms with E-state index in [2.05, 4.69) is 4.98 Å². The summed E-state index contributed by atoms with van der Waals surface area (Å²) in [6, 6.07) is 5.28. The molecule has 0 bridgehead atoms. The maximum Gasteiger partial charge on any atom is 0.265 e. The number of hydrogen-bond acceptors (Lipinski definition) is 5. The van der Waals surface area contributed by atoms with Gasteiger partial charge in [-0.2, -0.15) is 0 Å². The van der Waals surface area contributed by atoms with Gasteiger partial charge in [0.2, 0.25) is 0 Å². The van der Waals surface area contributed by atoms with E-state index in [1.54, 1.807) is 18.2 Å². The van der Waals surface area contributed by atoms with Crippen molar-refractivity contribution < 1.29 is 9.84 Å². The number of aromatic nitrogens is 2. The SMILES string of the molecule is COc1cccc2ncn(C[C@@H](O)CN(C)C)c(=O)c12. The molecule has 108 valence electrons. The van der Waals surface area contributed by atoms with E-state index in [1.165, 1.54) is 18.0 Å². The molecule has 0 amide bonds. The van der Waals surface area contributed by atoms with E-state index in [0.29, 0.717) is 23.2 Å². The number of methoxy groups -OCH3 is 1. The van der Waals surface area contributed by atoms with Crippen LogP contribution in [0.5, 0.6) is 5.75 Å². The van der Waals surface area contributed by atoms with Crippen molar-refractivity contribution in [1.82, 2.24) is 14.5 Å². The van der Waals surface area contributed by atoms with Crippen molar-refractivity contribution in [2.24, 2.45) is 0 Å². The molecule has 2 aromatic rings. The fourth-order valence-electron chi connectivity index (χ4n) is 2.18. The van der Waals surface area contributed by atoms with Crippen LogP contribution in [0.4, 0.5) is 0 Å². The van der Waals surface area contributed by atoms with Crippen LogP contribution in [0, 0.1) is 0 Å². The van der Waals surface area contributed by atoms with Crippen LogP contribution in [-0.2, 0) is 6.54 Å². The number of nitrogens with zero attached hydrogens (tertiary/aromatic N) is 3. The van der Waals surface area contributed by atoms with Crippen molar-refractivity contribution in [1.29, 1.82) is 0 Å². The molecule has 1 aromatic carbocycles. The predicted octanol–water partition coefficient (Wildman–Crippen LogP) is 0.328. The third kappa shape index (κ3) is 2.97. The summed E-state index contributed by atoms with van der Waals surface area (Å²) in [5.41, 5.74) is 0.387. The van der Waals surface area contributed by atoms with Crippen LogP contribution in [0.1, 0.15) is 0 Å². The molecule has 6 nitrogen and oxygen atoms in total. The highest BCUT2D eigenvalue weighted by Gasteiger charge is 2.12. The second-order valence-electron chi connectivity index (χ2n) is 4.97. The molecule has 1 atom stereocenters. The number of likely N-dealkylation sites (N-methyl/N-ethyl adjacent to an activating group) is 1. The summed E-state index contributed by atoms with van der Waals surface area (Å²) in [6.45, 7) is 0.689. The van der Waals surface area contributed by atoms with Gasteiger partial charge < -0.3 is 14.7 Å². The van der Waals surface area contributed by atoms with E-state index in [4.69, 9.17) is 4.74 Å². The Kier molecular flexibility index (Phi) is 4.36. The number of aliphatic hydroxyl groups excluding tert-OH is 1. The second kappa shape index (κ2) is 6.02. The van der Waals surface area contributed by atoms with Crippen LogP contribution >= 0.6 is 0 Å². The maximum atomic E-state index is 12.4. The molecule has 0 saturated heterocycles. The molecular weight excluding hydrogens is 258 g/mol. The van der Waals surface area contributed by atoms with E-state index >= 15 is 0 Å². The largest absolute Gasteiger partial charge is 0.496 e. The monoisotopic (exact) mass is 277 g/mol. The average molecular weight is 277 g/mol. The number of rotatable bonds is 5. The zero-order chi connectivity index (χ0) is 14.7. The summed E-state index contributed by atoms with van der Waals surface area (Å²) < 4.78 is 6.62. The molecule has 0 unspecified atom stereocenters. The fraction of sp³-hybridized carbons (Fsp3) is 0.429. The second-order valence-corrected chi connectivity index (χ2v) is 4.97. The van der Waals surface area contributed by atoms with Gasteiger partial charge >= 0.3 is 0 Å². The Hall–Kier alpha value is -1.92. The lowest BCUT2D eigenvalue weighted by atomic mass is 10.2. The average Bonchev–Trinajstić information content (AvgIpc) is 2.40. The number of hydrogen-bond donors (Lipinski definition) is 1. The van der Waals surface area contributed by atoms with Crippen LogP contribution in [0.3, 0.4) is 0 Å². The molecule has 0 saturated carbocycles. The zero-order valence-corrected chi connectivity index (χ0v) is 11.9. The van der Waals surface area contributed by atoms with Gasteiger partial charge in [0, 0.05) is 6.54 Å². The normalized spacial score (nSPS) is 12.8. The third-order valence-electron chi connectivity index (χ3n) is 3.02. The molecule has 0 fully saturated rings. The summed E-state index contributed by atoms with van der Waals surface area (Å²) >= 11 is 0. The van der Waals surface area contributed by atoms with Gasteiger partial charge in [0.15, 0.2) is 0 Å². The topological polar surface area (TPSA) is 67.6 Å². The van der Waals surface area contributed by atoms with Gasteiger partial charge in [0.25, 0.3) is 5.56 Å². The molecule has 0 aliphatic rings. The van der Waals surface area contributed by atoms with Crippen molar-refractivity contribution in [2.45, 2.75) is 12.6 Å². The summed E-state index contributed by atoms with van der Waals surface area (Å²) in [4.78, 5) is 18.6. The van der Waals surface area contributed by atoms with E-state index in [0.717, 1.165) is 0 Å². The van der Waals surface area contributed by atoms with Gasteiger partial charge in [-0.05, 0) is 26.2 Å². The Bertz CT molecular complexity index is 652. The molecule has 0 aliphatic carbocycles. The first-order chi connectivity index (χ1) is 9.52. The Balaban J connectivity index is 2.41. The number of benzene rings is 1. The summed E-state index contributed by atoms with van der Waals surface area (Å²) in [7, 11) is 5.26. The lowest BCUT2D eigenvalue weighted by Gasteiger charge is -2.17. The van der Waals surface area contributed by atoms with E-state index in [-0.39, 0.29) is 12.1 Å². The Labute approximate surface area is 117 Å². The Morgan fingerprint density at radius 1 is 1.45 bits per heavy atom. The van der Waals surface area contributed by atoms with Crippen LogP contribution in [0.25, 0.3) is 10.9 Å². The van der Waals surface area contributed by atoms with Crippen molar-refractivity contribution in [3.05, 3.63) is 34.9 Å². The predicted molar refractivity (Wildman–Crippen MR) is 77.1 cm³/mol. The molecule has 20 heavy (non-hydrogen) atoms. The standard InChI is InChI=1S/C14H19N3O3/c1-16(2)7-10(18)8-17-9-15-11-5-4-6-12(20-3)13(11)14(17)19/h4-6,9-10,18H,7-8H2,1-3H3/t10-/m0/s1. The molecule has 6 heteroatoms. The Morgan fingerprint density at radius 2 is 2.20 bits per heavy atom. The van der Waals surface area contributed by atoms with Gasteiger partial charge in [0.1, 0.15) is 11.1 Å². The van der Waals surface area contributed by atoms with E-state index in [9.17, 15) is 9.90 Å². The van der Waals surface area contributed by atoms with Crippen molar-refractivity contribution in [2.75, 3.05) is 27.7 Å². The van der Waals surface area contributed by atoms with Gasteiger partial charge in [-0.25, -0.2) is 4.98 Å². The highest BCUT2D eigenvalue weighted by atomic mass is 16.5. The first-order valence-electron chi connectivity index (χ1n) is 6.38. The molecule has 0 radical (unpaired) electrons. The molecule has 1 heterocycles. The molecule has 0 spiro atoms. The van der Waals surface area contributed by atoms with Gasteiger partial charge in [-0.3, -0.25) is 9.36 Å². The summed E-state index contributed by atoms with van der Waals surface area (Å²) in [5, 5.41) is 10.4. The van der Waals surface area contributed by atoms with Gasteiger partial charge in [0.05, 0.1) is 31.6 Å². The minimum atomic E-state index is -0.628. The van der Waals surface area contributed by atoms with E-state index in [1.807, 2.05) is 19.0 Å². The molecular formula is C14H19N3O3. The lowest BCUT2D eigenvalue weighted by molar-refractivity contribution is 0.118. The minimum absolute atomic E-state index is 0.203. The van der Waals surface area contributed by atoms with Crippen molar-refractivity contribution >= 4 is 10.9 Å². The number of fused-ring (bicyclic) bond motifs is 1. The molecule has 1 aromatic heterocycles. The first-order valence-corrected chi connectivity index (χ1v) is 6.38. The first kappa shape index (κ1) is 14.5. The smallest absolute Gasteiger partial charge is 0.265 e. The van der Waals surface area contributed by atoms with Gasteiger partial charge in [-0.15, -0.1) is 0 Å². The van der Waals surface area contributed by atoms with Gasteiger partial charge in [-0.1, -0.05) is 6.07 Å². The van der Waals surface area contributed by atoms with Crippen molar-refractivity contribution in [3.63, 3.8) is 0 Å². The van der Waals surface area contributed by atoms with Crippen LogP contribution in [0.15, 0.2) is 29.3 Å². The highest BCUT2D eigenvalue weighted by molar-refractivity contribution is 5.83. The Morgan fingerprint density at radius 3 is 2.85 bits per heavy atom. The molecule has 1 N–H and O–H groups in total. The third-order valence-corrected chi connectivity index (χ3v) is 3.02. The van der Waals surface area contributed by atoms with Crippen LogP contribution in [-0.4, -0.2) is 53.4 Å². The minimum Gasteiger partial charge on any atom is -0.496 e. The number of ether oxygens (including phenoxy) is 1. The lowest BCUT2D eigenvalue weighted by Crippen LogP contribution is -2.33. The van der Waals surface area contributed by atoms with Crippen LogP contribution in [0.2, 0.25) is 0 Å². The van der Waals surface area contributed by atoms with Crippen molar-refractivity contribution in [3.8, 4) is 5.75 Å². The number of aliphatic hydroxyl groups is 1. The fourth-order valence-corrected chi connectivity index (χ4v) is 2.18. The quantitative estimate of drug-likeness (QED) is 0.853. The highest BCUT2D eigenvalue weighted by Crippen LogP contribution is 2.19. The molecule has 0 aliphatic heterocycles. The maximum absolute atomic E-state index is 12.4. The summed E-state index contributed by atoms with van der Waals surface area (Å²) in [5.74, 6) is 0.497. The zero-order valence-electron chi connectivity index (χ0n) is 11.9.